The Morgan fingerprint density at radius 2 is 1.17 bits per heavy atom. The average molecular weight is 674 g/mol. The van der Waals surface area contributed by atoms with Gasteiger partial charge >= 0.3 is 0 Å². The van der Waals surface area contributed by atoms with Crippen LogP contribution in [0.4, 0.5) is 0 Å². The molecule has 0 atom stereocenters. The fourth-order valence-corrected chi connectivity index (χ4v) is 5.75. The smallest absolute Gasteiger partial charge is 0.244 e. The summed E-state index contributed by atoms with van der Waals surface area (Å²) >= 11 is 0. The molecule has 0 unspecified atom stereocenters. The lowest BCUT2D eigenvalue weighted by Gasteiger charge is -2.08. The van der Waals surface area contributed by atoms with E-state index < -0.39 is 0 Å². The summed E-state index contributed by atoms with van der Waals surface area (Å²) in [4.78, 5) is 0. The molecular weight excluding hydrogens is 640 g/mol. The maximum absolute atomic E-state index is 4.18. The maximum atomic E-state index is 4.18. The number of rotatable bonds is 11. The predicted molar refractivity (Wildman–Crippen MR) is 172 cm³/mol. The Morgan fingerprint density at radius 3 is 1.67 bits per heavy atom. The summed E-state index contributed by atoms with van der Waals surface area (Å²) in [7, 11) is 0. The standard InChI is InChI=1S/C35H33N10.BrH/c1-2-3-8-29-23-44(21-25-13-17-27(18-14-25)30-9-4-6-11-32(30)34-36-40-41-37-34)24-45(29)22-26-15-19-28(20-16-26)31-10-5-7-12-33(31)35-38-42-43-39-35;/h4-7,9-20,23-24H,2-3,8,21-22H2,1H3,(H,36,37,40,41)(H,38,39,42,43);1H/q+1;/p-1. The molecule has 0 saturated heterocycles. The van der Waals surface area contributed by atoms with Gasteiger partial charge in [-0.05, 0) is 50.2 Å². The maximum Gasteiger partial charge on any atom is 0.244 e. The van der Waals surface area contributed by atoms with Gasteiger partial charge in [-0.2, -0.15) is 10.4 Å². The van der Waals surface area contributed by atoms with Crippen molar-refractivity contribution in [2.45, 2.75) is 39.3 Å². The Balaban J connectivity index is 0.00000372. The van der Waals surface area contributed by atoms with E-state index in [2.05, 4.69) is 130 Å². The van der Waals surface area contributed by atoms with E-state index in [-0.39, 0.29) is 17.0 Å². The molecule has 10 nitrogen and oxygen atoms in total. The number of unbranched alkanes of at least 4 members (excludes halogenated alkanes) is 1. The second-order valence-electron chi connectivity index (χ2n) is 11.1. The minimum Gasteiger partial charge on any atom is -1.00 e. The molecule has 7 aromatic rings. The number of tetrazole rings is 2. The van der Waals surface area contributed by atoms with Gasteiger partial charge < -0.3 is 17.0 Å². The molecule has 3 aromatic heterocycles. The van der Waals surface area contributed by atoms with Gasteiger partial charge in [0.2, 0.25) is 18.0 Å². The molecule has 46 heavy (non-hydrogen) atoms. The van der Waals surface area contributed by atoms with Gasteiger partial charge in [0.05, 0.1) is 0 Å². The molecule has 2 N–H and O–H groups in total. The van der Waals surface area contributed by atoms with Gasteiger partial charge in [0, 0.05) is 17.5 Å². The van der Waals surface area contributed by atoms with Crippen LogP contribution in [0.15, 0.2) is 110 Å². The molecule has 11 heteroatoms. The number of aryl methyl sites for hydroxylation is 1. The van der Waals surface area contributed by atoms with E-state index in [0.29, 0.717) is 11.6 Å². The first-order chi connectivity index (χ1) is 22.2. The fourth-order valence-electron chi connectivity index (χ4n) is 5.75. The summed E-state index contributed by atoms with van der Waals surface area (Å²) < 4.78 is 4.68. The molecule has 0 aliphatic rings. The highest BCUT2D eigenvalue weighted by atomic mass is 79.9. The first-order valence-electron chi connectivity index (χ1n) is 15.2. The van der Waals surface area contributed by atoms with Crippen molar-refractivity contribution in [2.75, 3.05) is 0 Å². The second kappa shape index (κ2) is 14.2. The van der Waals surface area contributed by atoms with Crippen molar-refractivity contribution in [3.05, 3.63) is 126 Å². The third-order valence-electron chi connectivity index (χ3n) is 8.03. The molecule has 230 valence electrons. The molecular formula is C35H33BrN10. The molecule has 0 amide bonds. The van der Waals surface area contributed by atoms with E-state index in [1.54, 1.807) is 0 Å². The Kier molecular flexibility index (Phi) is 9.49. The summed E-state index contributed by atoms with van der Waals surface area (Å²) in [6.45, 7) is 3.85. The van der Waals surface area contributed by atoms with Crippen LogP contribution in [0.25, 0.3) is 45.0 Å². The van der Waals surface area contributed by atoms with Crippen LogP contribution in [0, 0.1) is 0 Å². The lowest BCUT2D eigenvalue weighted by Crippen LogP contribution is -3.00. The summed E-state index contributed by atoms with van der Waals surface area (Å²) in [5, 5.41) is 29.3. The Hall–Kier alpha value is -5.29. The zero-order chi connectivity index (χ0) is 30.4. The number of H-pyrrole nitrogens is 2. The van der Waals surface area contributed by atoms with Gasteiger partial charge in [0.15, 0.2) is 0 Å². The number of aromatic amines is 2. The Labute approximate surface area is 277 Å². The number of nitrogens with one attached hydrogen (secondary N) is 2. The number of benzene rings is 4. The number of hydrogen-bond donors (Lipinski definition) is 2. The molecule has 0 aliphatic heterocycles. The molecule has 0 spiro atoms. The monoisotopic (exact) mass is 672 g/mol. The summed E-state index contributed by atoms with van der Waals surface area (Å²) in [6, 6.07) is 33.8. The van der Waals surface area contributed by atoms with Gasteiger partial charge in [-0.1, -0.05) is 110 Å². The topological polar surface area (TPSA) is 118 Å². The highest BCUT2D eigenvalue weighted by Crippen LogP contribution is 2.31. The number of aromatic nitrogens is 10. The minimum absolute atomic E-state index is 0. The van der Waals surface area contributed by atoms with Crippen LogP contribution in [-0.4, -0.2) is 45.8 Å². The van der Waals surface area contributed by atoms with Gasteiger partial charge in [-0.3, -0.25) is 0 Å². The largest absolute Gasteiger partial charge is 1.00 e. The van der Waals surface area contributed by atoms with Gasteiger partial charge in [0.25, 0.3) is 0 Å². The predicted octanol–water partition coefficient (Wildman–Crippen LogP) is 2.91. The zero-order valence-corrected chi connectivity index (χ0v) is 27.0. The average Bonchev–Trinajstić information content (AvgIpc) is 3.88. The van der Waals surface area contributed by atoms with Crippen LogP contribution in [0.1, 0.15) is 36.6 Å². The van der Waals surface area contributed by atoms with Crippen LogP contribution >= 0.6 is 0 Å². The van der Waals surface area contributed by atoms with E-state index in [0.717, 1.165) is 65.7 Å². The minimum atomic E-state index is 0. The van der Waals surface area contributed by atoms with Crippen LogP contribution in [0.5, 0.6) is 0 Å². The van der Waals surface area contributed by atoms with E-state index in [1.165, 1.54) is 16.8 Å². The zero-order valence-electron chi connectivity index (χ0n) is 25.4. The molecule has 0 saturated carbocycles. The lowest BCUT2D eigenvalue weighted by atomic mass is 9.98. The summed E-state index contributed by atoms with van der Waals surface area (Å²) in [6.07, 6.45) is 7.90. The normalized spacial score (nSPS) is 11.0. The number of halogens is 1. The third kappa shape index (κ3) is 6.69. The SMILES string of the molecule is CCCCc1c[n+](Cc2ccc(-c3ccccc3-c3nn[nH]n3)cc2)cn1Cc1ccc(-c2ccccc2-c2nn[nH]n2)cc1.[Br-]. The Bertz CT molecular complexity index is 1980. The highest BCUT2D eigenvalue weighted by Gasteiger charge is 2.16. The van der Waals surface area contributed by atoms with E-state index in [1.807, 2.05) is 36.4 Å². The van der Waals surface area contributed by atoms with Crippen molar-refractivity contribution < 1.29 is 21.5 Å². The quantitative estimate of drug-likeness (QED) is 0.204. The van der Waals surface area contributed by atoms with Crippen LogP contribution < -0.4 is 21.5 Å². The van der Waals surface area contributed by atoms with Crippen molar-refractivity contribution in [1.29, 1.82) is 0 Å². The van der Waals surface area contributed by atoms with E-state index in [9.17, 15) is 0 Å². The lowest BCUT2D eigenvalue weighted by molar-refractivity contribution is -0.688. The first-order valence-corrected chi connectivity index (χ1v) is 15.2. The molecule has 0 fully saturated rings. The van der Waals surface area contributed by atoms with Gasteiger partial charge in [0.1, 0.15) is 25.0 Å². The number of hydrogen-bond acceptors (Lipinski definition) is 6. The van der Waals surface area contributed by atoms with Crippen molar-refractivity contribution in [3.8, 4) is 45.0 Å². The van der Waals surface area contributed by atoms with Crippen LogP contribution in [-0.2, 0) is 19.5 Å². The fraction of sp³-hybridized carbons (Fsp3) is 0.171. The van der Waals surface area contributed by atoms with Crippen LogP contribution in [0.3, 0.4) is 0 Å². The number of nitrogens with zero attached hydrogens (tertiary/aromatic N) is 8. The van der Waals surface area contributed by atoms with Crippen LogP contribution in [0.2, 0.25) is 0 Å². The highest BCUT2D eigenvalue weighted by molar-refractivity contribution is 5.81. The van der Waals surface area contributed by atoms with Crippen molar-refractivity contribution in [2.24, 2.45) is 0 Å². The molecule has 0 radical (unpaired) electrons. The van der Waals surface area contributed by atoms with Gasteiger partial charge in [-0.15, -0.1) is 20.4 Å². The molecule has 7 rings (SSSR count). The first kappa shape index (κ1) is 30.7. The Morgan fingerprint density at radius 1 is 0.652 bits per heavy atom. The van der Waals surface area contributed by atoms with Crippen molar-refractivity contribution in [1.82, 2.24) is 45.8 Å². The number of imidazole rings is 1. The molecule has 0 aliphatic carbocycles. The molecule has 3 heterocycles. The van der Waals surface area contributed by atoms with E-state index in [4.69, 9.17) is 0 Å². The molecule has 4 aromatic carbocycles. The second-order valence-corrected chi connectivity index (χ2v) is 11.1. The van der Waals surface area contributed by atoms with E-state index >= 15 is 0 Å². The van der Waals surface area contributed by atoms with Crippen molar-refractivity contribution in [3.63, 3.8) is 0 Å². The van der Waals surface area contributed by atoms with Crippen molar-refractivity contribution >= 4 is 0 Å². The summed E-state index contributed by atoms with van der Waals surface area (Å²) in [5.41, 5.74) is 10.1. The molecule has 0 bridgehead atoms. The third-order valence-corrected chi connectivity index (χ3v) is 8.03. The van der Waals surface area contributed by atoms with Gasteiger partial charge in [-0.25, -0.2) is 9.13 Å². The summed E-state index contributed by atoms with van der Waals surface area (Å²) in [5.74, 6) is 1.19.